The van der Waals surface area contributed by atoms with Gasteiger partial charge < -0.3 is 5.11 Å². The van der Waals surface area contributed by atoms with Gasteiger partial charge in [-0.25, -0.2) is 0 Å². The second-order valence-electron chi connectivity index (χ2n) is 12.5. The highest BCUT2D eigenvalue weighted by molar-refractivity contribution is 6.13. The molecule has 0 radical (unpaired) electrons. The second-order valence-corrected chi connectivity index (χ2v) is 12.5. The van der Waals surface area contributed by atoms with E-state index in [1.54, 1.807) is 0 Å². The Bertz CT molecular complexity index is 801. The van der Waals surface area contributed by atoms with Gasteiger partial charge in [-0.3, -0.25) is 9.59 Å². The van der Waals surface area contributed by atoms with Crippen LogP contribution in [0, 0.1) is 51.2 Å². The van der Waals surface area contributed by atoms with Crippen molar-refractivity contribution in [1.82, 2.24) is 0 Å². The number of rotatable bonds is 2. The second kappa shape index (κ2) is 10.8. The van der Waals surface area contributed by atoms with Crippen molar-refractivity contribution in [3.05, 3.63) is 11.6 Å². The smallest absolute Gasteiger partial charge is 0.168 e. The molecule has 5 aliphatic rings. The summed E-state index contributed by atoms with van der Waals surface area (Å²) in [4.78, 5) is 24.5. The maximum atomic E-state index is 12.8. The third-order valence-corrected chi connectivity index (χ3v) is 12.0. The van der Waals surface area contributed by atoms with E-state index in [2.05, 4.69) is 33.8 Å². The van der Waals surface area contributed by atoms with Gasteiger partial charge in [0.05, 0.1) is 5.57 Å². The van der Waals surface area contributed by atoms with E-state index in [-0.39, 0.29) is 40.8 Å². The lowest BCUT2D eigenvalue weighted by molar-refractivity contribution is -0.213. The Morgan fingerprint density at radius 3 is 2.14 bits per heavy atom. The van der Waals surface area contributed by atoms with E-state index < -0.39 is 0 Å². The molecular formula is C32H56O3. The maximum Gasteiger partial charge on any atom is 0.168 e. The standard InChI is InChI=1S/C27H40O3.2C2H6.CH4/c1-17-19-9-11-26(4)22(24(19,2)14-18(15-28)23(17)30)8-7-20-21-6-5-10-27(21,16-29)13-12-25(20,26)3;2*1-2;/h14-15,17,19-22,29H,5-13,16H2,1-4H3;2*1-2H3;1H4/t17?,19?,20?,21?,22?,24?,25-,26?,27?;;;/m1.../s1. The minimum Gasteiger partial charge on any atom is -0.396 e. The van der Waals surface area contributed by atoms with E-state index in [9.17, 15) is 14.7 Å². The van der Waals surface area contributed by atoms with Crippen LogP contribution in [0.4, 0.5) is 0 Å². The zero-order valence-electron chi connectivity index (χ0n) is 23.4. The van der Waals surface area contributed by atoms with Crippen molar-refractivity contribution in [3.63, 3.8) is 0 Å². The lowest BCUT2D eigenvalue weighted by Crippen LogP contribution is -2.64. The number of fused-ring (bicyclic) bond motifs is 7. The van der Waals surface area contributed by atoms with Gasteiger partial charge in [-0.15, -0.1) is 0 Å². The molecule has 3 heteroatoms. The zero-order valence-corrected chi connectivity index (χ0v) is 23.4. The Kier molecular flexibility index (Phi) is 9.34. The molecule has 9 atom stereocenters. The van der Waals surface area contributed by atoms with Crippen molar-refractivity contribution >= 4 is 12.1 Å². The summed E-state index contributed by atoms with van der Waals surface area (Å²) in [6.07, 6.45) is 13.8. The van der Waals surface area contributed by atoms with E-state index in [0.717, 1.165) is 12.7 Å². The first-order valence-electron chi connectivity index (χ1n) is 14.5. The fourth-order valence-corrected chi connectivity index (χ4v) is 10.2. The first-order chi connectivity index (χ1) is 16.2. The summed E-state index contributed by atoms with van der Waals surface area (Å²) in [5.41, 5.74) is 1.07. The van der Waals surface area contributed by atoms with Gasteiger partial charge >= 0.3 is 0 Å². The minimum absolute atomic E-state index is 0. The molecule has 5 aliphatic carbocycles. The summed E-state index contributed by atoms with van der Waals surface area (Å²) in [7, 11) is 0. The number of aldehydes is 1. The first kappa shape index (κ1) is 30.3. The van der Waals surface area contributed by atoms with Gasteiger partial charge in [0, 0.05) is 12.5 Å². The van der Waals surface area contributed by atoms with Crippen LogP contribution in [0.25, 0.3) is 0 Å². The molecule has 4 saturated carbocycles. The van der Waals surface area contributed by atoms with E-state index in [0.29, 0.717) is 35.9 Å². The number of carbonyl (C=O) groups is 2. The molecule has 0 saturated heterocycles. The van der Waals surface area contributed by atoms with Gasteiger partial charge in [-0.1, -0.05) is 75.3 Å². The Morgan fingerprint density at radius 2 is 1.54 bits per heavy atom. The van der Waals surface area contributed by atoms with E-state index >= 15 is 0 Å². The number of aliphatic hydroxyl groups is 1. The number of hydrogen-bond acceptors (Lipinski definition) is 3. The van der Waals surface area contributed by atoms with Crippen molar-refractivity contribution in [1.29, 1.82) is 0 Å². The fraction of sp³-hybridized carbons (Fsp3) is 0.875. The van der Waals surface area contributed by atoms with Crippen molar-refractivity contribution in [2.45, 2.75) is 121 Å². The summed E-state index contributed by atoms with van der Waals surface area (Å²) in [5.74, 6) is 2.29. The van der Waals surface area contributed by atoms with Crippen molar-refractivity contribution in [2.24, 2.45) is 51.2 Å². The highest BCUT2D eigenvalue weighted by Gasteiger charge is 2.68. The SMILES string of the molecule is C.CC.CC.CC1C(=O)C(C=O)=CC2(C)C1CCC1(C)C2CCC2C3CCCC3(CO)CC[C@]21C. The monoisotopic (exact) mass is 488 g/mol. The number of ketones is 1. The average Bonchev–Trinajstić information content (AvgIpc) is 3.29. The number of carbonyl (C=O) groups excluding carboxylic acids is 2. The highest BCUT2D eigenvalue weighted by atomic mass is 16.3. The fourth-order valence-electron chi connectivity index (χ4n) is 10.2. The third kappa shape index (κ3) is 4.02. The number of Topliss-reactive ketones (excluding diaryl/α,β-unsaturated/α-hetero) is 1. The predicted octanol–water partition coefficient (Wildman–Crippen LogP) is 8.05. The molecule has 1 N–H and O–H groups in total. The van der Waals surface area contributed by atoms with Crippen LogP contribution in [-0.2, 0) is 9.59 Å². The molecule has 0 aromatic carbocycles. The van der Waals surface area contributed by atoms with Gasteiger partial charge in [0.1, 0.15) is 0 Å². The summed E-state index contributed by atoms with van der Waals surface area (Å²) in [6.45, 7) is 17.9. The molecular weight excluding hydrogens is 432 g/mol. The Hall–Kier alpha value is -0.960. The molecule has 0 heterocycles. The predicted molar refractivity (Wildman–Crippen MR) is 147 cm³/mol. The molecule has 5 rings (SSSR count). The van der Waals surface area contributed by atoms with Crippen LogP contribution < -0.4 is 0 Å². The van der Waals surface area contributed by atoms with Crippen molar-refractivity contribution < 1.29 is 14.7 Å². The van der Waals surface area contributed by atoms with Crippen LogP contribution in [0.5, 0.6) is 0 Å². The van der Waals surface area contributed by atoms with Gasteiger partial charge in [0.25, 0.3) is 0 Å². The van der Waals surface area contributed by atoms with Crippen molar-refractivity contribution in [2.75, 3.05) is 6.61 Å². The van der Waals surface area contributed by atoms with Gasteiger partial charge in [-0.05, 0) is 96.7 Å². The molecule has 202 valence electrons. The topological polar surface area (TPSA) is 54.4 Å². The van der Waals surface area contributed by atoms with Crippen molar-refractivity contribution in [3.8, 4) is 0 Å². The van der Waals surface area contributed by atoms with Crippen LogP contribution in [0.1, 0.15) is 121 Å². The van der Waals surface area contributed by atoms with E-state index in [4.69, 9.17) is 0 Å². The molecule has 0 aromatic rings. The summed E-state index contributed by atoms with van der Waals surface area (Å²) >= 11 is 0. The number of allylic oxidation sites excluding steroid dienone is 2. The largest absolute Gasteiger partial charge is 0.396 e. The molecule has 0 amide bonds. The molecule has 35 heavy (non-hydrogen) atoms. The highest BCUT2D eigenvalue weighted by Crippen LogP contribution is 2.75. The van der Waals surface area contributed by atoms with Crippen LogP contribution in [0.15, 0.2) is 11.6 Å². The lowest BCUT2D eigenvalue weighted by atomic mass is 9.34. The van der Waals surface area contributed by atoms with Crippen LogP contribution in [0.3, 0.4) is 0 Å². The van der Waals surface area contributed by atoms with Gasteiger partial charge in [0.15, 0.2) is 12.1 Å². The normalized spacial score (nSPS) is 47.5. The summed E-state index contributed by atoms with van der Waals surface area (Å²) < 4.78 is 0. The Morgan fingerprint density at radius 1 is 0.886 bits per heavy atom. The van der Waals surface area contributed by atoms with Crippen LogP contribution >= 0.6 is 0 Å². The molecule has 0 bridgehead atoms. The molecule has 4 fully saturated rings. The van der Waals surface area contributed by atoms with E-state index in [1.165, 1.54) is 51.4 Å². The quantitative estimate of drug-likeness (QED) is 0.316. The van der Waals surface area contributed by atoms with E-state index in [1.807, 2.05) is 27.7 Å². The maximum absolute atomic E-state index is 12.8. The number of hydrogen-bond donors (Lipinski definition) is 1. The van der Waals surface area contributed by atoms with Crippen LogP contribution in [0.2, 0.25) is 0 Å². The molecule has 0 aromatic heterocycles. The van der Waals surface area contributed by atoms with Gasteiger partial charge in [-0.2, -0.15) is 0 Å². The van der Waals surface area contributed by atoms with Gasteiger partial charge in [0.2, 0.25) is 0 Å². The summed E-state index contributed by atoms with van der Waals surface area (Å²) in [5, 5.41) is 10.4. The molecule has 0 aliphatic heterocycles. The molecule has 0 spiro atoms. The molecule has 3 nitrogen and oxygen atoms in total. The Labute approximate surface area is 216 Å². The Balaban J connectivity index is 0.000000823. The third-order valence-electron chi connectivity index (χ3n) is 12.0. The zero-order chi connectivity index (χ0) is 25.5. The first-order valence-corrected chi connectivity index (χ1v) is 14.5. The number of aliphatic hydroxyl groups excluding tert-OH is 1. The summed E-state index contributed by atoms with van der Waals surface area (Å²) in [6, 6.07) is 0. The van der Waals surface area contributed by atoms with Crippen LogP contribution in [-0.4, -0.2) is 23.8 Å². The minimum atomic E-state index is -0.0637. The average molecular weight is 489 g/mol. The molecule has 8 unspecified atom stereocenters. The lowest BCUT2D eigenvalue weighted by Gasteiger charge is -2.70.